The van der Waals surface area contributed by atoms with Crippen molar-refractivity contribution in [1.82, 2.24) is 9.80 Å². The molecular formula is C11H18N2O5S. The second kappa shape index (κ2) is 7.22. The van der Waals surface area contributed by atoms with Gasteiger partial charge in [-0.25, -0.2) is 4.79 Å². The van der Waals surface area contributed by atoms with E-state index in [0.717, 1.165) is 5.75 Å². The topological polar surface area (TPSA) is 87.2 Å². The van der Waals surface area contributed by atoms with Gasteiger partial charge < -0.3 is 19.6 Å². The summed E-state index contributed by atoms with van der Waals surface area (Å²) >= 11 is 1.63. The number of rotatable bonds is 4. The van der Waals surface area contributed by atoms with Gasteiger partial charge in [0.25, 0.3) is 0 Å². The second-order valence-corrected chi connectivity index (χ2v) is 5.38. The summed E-state index contributed by atoms with van der Waals surface area (Å²) in [7, 11) is 2.75. The fraction of sp³-hybridized carbons (Fsp3) is 0.727. The van der Waals surface area contributed by atoms with E-state index in [4.69, 9.17) is 5.11 Å². The van der Waals surface area contributed by atoms with Gasteiger partial charge in [-0.3, -0.25) is 9.59 Å². The molecule has 7 nitrogen and oxygen atoms in total. The Morgan fingerprint density at radius 2 is 2.16 bits per heavy atom. The van der Waals surface area contributed by atoms with Crippen LogP contribution in [0.25, 0.3) is 0 Å². The Balaban J connectivity index is 2.65. The van der Waals surface area contributed by atoms with Crippen molar-refractivity contribution in [2.75, 3.05) is 38.8 Å². The van der Waals surface area contributed by atoms with Gasteiger partial charge in [-0.2, -0.15) is 11.8 Å². The molecule has 1 saturated heterocycles. The minimum atomic E-state index is -0.930. The third kappa shape index (κ3) is 4.62. The molecular weight excluding hydrogens is 272 g/mol. The molecule has 0 aromatic heterocycles. The van der Waals surface area contributed by atoms with Crippen LogP contribution in [0.2, 0.25) is 0 Å². The van der Waals surface area contributed by atoms with E-state index in [1.165, 1.54) is 24.0 Å². The van der Waals surface area contributed by atoms with E-state index in [1.807, 2.05) is 0 Å². The number of carboxylic acids is 1. The molecule has 1 fully saturated rings. The highest BCUT2D eigenvalue weighted by Crippen LogP contribution is 2.20. The van der Waals surface area contributed by atoms with Crippen LogP contribution in [-0.4, -0.2) is 77.7 Å². The first-order chi connectivity index (χ1) is 8.95. The molecule has 1 aliphatic rings. The lowest BCUT2D eigenvalue weighted by Crippen LogP contribution is -2.52. The van der Waals surface area contributed by atoms with E-state index in [9.17, 15) is 14.4 Å². The first kappa shape index (κ1) is 15.6. The Morgan fingerprint density at radius 1 is 1.47 bits per heavy atom. The molecule has 0 aromatic carbocycles. The number of amides is 2. The van der Waals surface area contributed by atoms with Crippen LogP contribution in [0.15, 0.2) is 0 Å². The van der Waals surface area contributed by atoms with Crippen molar-refractivity contribution in [3.8, 4) is 0 Å². The minimum Gasteiger partial charge on any atom is -0.481 e. The summed E-state index contributed by atoms with van der Waals surface area (Å²) in [6, 6.07) is -0.666. The number of nitrogens with zero attached hydrogens (tertiary/aromatic N) is 2. The van der Waals surface area contributed by atoms with E-state index in [-0.39, 0.29) is 25.0 Å². The van der Waals surface area contributed by atoms with E-state index in [0.29, 0.717) is 12.3 Å². The lowest BCUT2D eigenvalue weighted by atomic mass is 10.2. The largest absolute Gasteiger partial charge is 0.481 e. The zero-order valence-corrected chi connectivity index (χ0v) is 11.8. The van der Waals surface area contributed by atoms with Crippen LogP contribution >= 0.6 is 11.8 Å². The van der Waals surface area contributed by atoms with Crippen LogP contribution in [0.3, 0.4) is 0 Å². The highest BCUT2D eigenvalue weighted by atomic mass is 32.2. The first-order valence-corrected chi connectivity index (χ1v) is 6.99. The van der Waals surface area contributed by atoms with E-state index < -0.39 is 11.9 Å². The number of likely N-dealkylation sites (N-methyl/N-ethyl adjacent to an activating group) is 1. The molecule has 1 heterocycles. The third-order valence-corrected chi connectivity index (χ3v) is 3.90. The number of esters is 1. The Bertz CT molecular complexity index is 363. The predicted molar refractivity (Wildman–Crippen MR) is 70.1 cm³/mol. The lowest BCUT2D eigenvalue weighted by Gasteiger charge is -2.36. The number of carbonyl (C=O) groups excluding carboxylic acids is 2. The van der Waals surface area contributed by atoms with E-state index in [2.05, 4.69) is 4.74 Å². The number of thioether (sulfide) groups is 1. The van der Waals surface area contributed by atoms with Crippen LogP contribution in [0, 0.1) is 0 Å². The molecule has 0 spiro atoms. The SMILES string of the molecule is COC(=O)CN(C)C(=O)N1CCSCC1CC(=O)O. The fourth-order valence-electron chi connectivity index (χ4n) is 1.82. The molecule has 0 aliphatic carbocycles. The maximum Gasteiger partial charge on any atom is 0.325 e. The smallest absolute Gasteiger partial charge is 0.325 e. The lowest BCUT2D eigenvalue weighted by molar-refractivity contribution is -0.141. The van der Waals surface area contributed by atoms with Crippen molar-refractivity contribution in [2.45, 2.75) is 12.5 Å². The summed E-state index contributed by atoms with van der Waals surface area (Å²) < 4.78 is 4.50. The molecule has 19 heavy (non-hydrogen) atoms. The Kier molecular flexibility index (Phi) is 5.94. The normalized spacial score (nSPS) is 18.8. The number of urea groups is 1. The first-order valence-electron chi connectivity index (χ1n) is 5.83. The number of carbonyl (C=O) groups is 3. The average Bonchev–Trinajstić information content (AvgIpc) is 2.37. The highest BCUT2D eigenvalue weighted by Gasteiger charge is 2.31. The van der Waals surface area contributed by atoms with Gasteiger partial charge in [-0.1, -0.05) is 0 Å². The predicted octanol–water partition coefficient (Wildman–Crippen LogP) is 0.103. The van der Waals surface area contributed by atoms with Crippen molar-refractivity contribution in [3.05, 3.63) is 0 Å². The van der Waals surface area contributed by atoms with Crippen LogP contribution in [0.1, 0.15) is 6.42 Å². The number of aliphatic carboxylic acids is 1. The summed E-state index contributed by atoms with van der Waals surface area (Å²) in [5.74, 6) is -0.0594. The maximum atomic E-state index is 12.2. The van der Waals surface area contributed by atoms with E-state index >= 15 is 0 Å². The summed E-state index contributed by atoms with van der Waals surface area (Å²) in [5.41, 5.74) is 0. The molecule has 1 rings (SSSR count). The Morgan fingerprint density at radius 3 is 2.74 bits per heavy atom. The molecule has 1 N–H and O–H groups in total. The molecule has 108 valence electrons. The van der Waals surface area contributed by atoms with Crippen LogP contribution in [0.5, 0.6) is 0 Å². The summed E-state index contributed by atoms with van der Waals surface area (Å²) in [6.45, 7) is 0.353. The maximum absolute atomic E-state index is 12.2. The average molecular weight is 290 g/mol. The standard InChI is InChI=1S/C11H18N2O5S/c1-12(6-10(16)18-2)11(17)13-3-4-19-7-8(13)5-9(14)15/h8H,3-7H2,1-2H3,(H,14,15). The number of ether oxygens (including phenoxy) is 1. The van der Waals surface area contributed by atoms with Gasteiger partial charge in [0.05, 0.1) is 19.6 Å². The highest BCUT2D eigenvalue weighted by molar-refractivity contribution is 7.99. The van der Waals surface area contributed by atoms with Gasteiger partial charge >= 0.3 is 18.0 Å². The zero-order valence-electron chi connectivity index (χ0n) is 11.0. The molecule has 2 amide bonds. The molecule has 0 aromatic rings. The summed E-state index contributed by atoms with van der Waals surface area (Å²) in [4.78, 5) is 36.9. The number of hydrogen-bond donors (Lipinski definition) is 1. The summed E-state index contributed by atoms with van der Waals surface area (Å²) in [5, 5.41) is 8.85. The monoisotopic (exact) mass is 290 g/mol. The van der Waals surface area contributed by atoms with Gasteiger partial charge in [0, 0.05) is 25.1 Å². The minimum absolute atomic E-state index is 0.0786. The van der Waals surface area contributed by atoms with Gasteiger partial charge in [0.2, 0.25) is 0 Å². The van der Waals surface area contributed by atoms with Crippen LogP contribution in [0.4, 0.5) is 4.79 Å². The van der Waals surface area contributed by atoms with Crippen LogP contribution in [-0.2, 0) is 14.3 Å². The Hall–Kier alpha value is -1.44. The zero-order chi connectivity index (χ0) is 14.4. The van der Waals surface area contributed by atoms with Crippen molar-refractivity contribution in [1.29, 1.82) is 0 Å². The van der Waals surface area contributed by atoms with Gasteiger partial charge in [-0.15, -0.1) is 0 Å². The van der Waals surface area contributed by atoms with Crippen LogP contribution < -0.4 is 0 Å². The number of carboxylic acid groups (broad SMARTS) is 1. The van der Waals surface area contributed by atoms with Crippen molar-refractivity contribution < 1.29 is 24.2 Å². The van der Waals surface area contributed by atoms with Gasteiger partial charge in [0.15, 0.2) is 0 Å². The fourth-order valence-corrected chi connectivity index (χ4v) is 2.88. The molecule has 1 aliphatic heterocycles. The molecule has 0 bridgehead atoms. The van der Waals surface area contributed by atoms with Crippen molar-refractivity contribution >= 4 is 29.7 Å². The van der Waals surface area contributed by atoms with Crippen molar-refractivity contribution in [2.24, 2.45) is 0 Å². The number of methoxy groups -OCH3 is 1. The molecule has 0 radical (unpaired) electrons. The van der Waals surface area contributed by atoms with Gasteiger partial charge in [0.1, 0.15) is 6.54 Å². The summed E-state index contributed by atoms with van der Waals surface area (Å²) in [6.07, 6.45) is -0.0786. The number of hydrogen-bond acceptors (Lipinski definition) is 5. The van der Waals surface area contributed by atoms with E-state index in [1.54, 1.807) is 11.8 Å². The Labute approximate surface area is 115 Å². The second-order valence-electron chi connectivity index (χ2n) is 4.23. The molecule has 0 saturated carbocycles. The molecule has 8 heteroatoms. The molecule has 1 atom stereocenters. The van der Waals surface area contributed by atoms with Crippen molar-refractivity contribution in [3.63, 3.8) is 0 Å². The quantitative estimate of drug-likeness (QED) is 0.739. The van der Waals surface area contributed by atoms with Gasteiger partial charge in [-0.05, 0) is 0 Å². The third-order valence-electron chi connectivity index (χ3n) is 2.80. The molecule has 1 unspecified atom stereocenters.